The summed E-state index contributed by atoms with van der Waals surface area (Å²) in [6, 6.07) is 13.4. The van der Waals surface area contributed by atoms with Gasteiger partial charge in [-0.1, -0.05) is 18.2 Å². The van der Waals surface area contributed by atoms with Crippen molar-refractivity contribution in [3.05, 3.63) is 66.0 Å². The minimum Gasteiger partial charge on any atom is -0.497 e. The van der Waals surface area contributed by atoms with E-state index in [1.54, 1.807) is 31.5 Å². The number of nitrogens with zero attached hydrogens (tertiary/aromatic N) is 5. The van der Waals surface area contributed by atoms with Crippen LogP contribution < -0.4 is 4.74 Å². The van der Waals surface area contributed by atoms with Crippen LogP contribution in [-0.4, -0.2) is 82.6 Å². The number of imide groups is 1. The first-order chi connectivity index (χ1) is 17.5. The van der Waals surface area contributed by atoms with Crippen LogP contribution >= 0.6 is 0 Å². The number of hydrogen-bond acceptors (Lipinski definition) is 7. The second-order valence-corrected chi connectivity index (χ2v) is 9.36. The molecule has 1 aromatic heterocycles. The number of rotatable bonds is 8. The zero-order valence-electron chi connectivity index (χ0n) is 20.7. The number of benzene rings is 2. The Labute approximate surface area is 210 Å². The van der Waals surface area contributed by atoms with Crippen molar-refractivity contribution in [2.45, 2.75) is 31.5 Å². The quantitative estimate of drug-likeness (QED) is 0.450. The molecule has 5 rings (SSSR count). The first kappa shape index (κ1) is 24.1. The fourth-order valence-electron chi connectivity index (χ4n) is 5.30. The fourth-order valence-corrected chi connectivity index (χ4v) is 5.30. The Morgan fingerprint density at radius 3 is 2.42 bits per heavy atom. The molecule has 0 saturated carbocycles. The third-order valence-corrected chi connectivity index (χ3v) is 7.24. The van der Waals surface area contributed by atoms with Gasteiger partial charge in [-0.05, 0) is 48.2 Å². The fraction of sp³-hybridized carbons (Fsp3) is 0.407. The van der Waals surface area contributed by atoms with E-state index in [9.17, 15) is 9.59 Å². The summed E-state index contributed by atoms with van der Waals surface area (Å²) in [5.41, 5.74) is 2.93. The molecule has 36 heavy (non-hydrogen) atoms. The van der Waals surface area contributed by atoms with Crippen LogP contribution in [0.4, 0.5) is 4.79 Å². The van der Waals surface area contributed by atoms with Gasteiger partial charge < -0.3 is 14.4 Å². The number of hydrogen-bond donors (Lipinski definition) is 0. The molecule has 0 atom stereocenters. The standard InChI is InChI=1S/C27H31N5O4/c1-35-15-14-32-26(34)31(19-20-4-3-5-22(16-20)36-2)25(33)27(32)8-12-30(13-9-27)18-21-6-7-23-24(17-21)29-11-10-28-23/h3-7,10-11,16-17H,8-9,12-15,18-19H2,1-2H3. The smallest absolute Gasteiger partial charge is 0.328 e. The molecule has 0 unspecified atom stereocenters. The van der Waals surface area contributed by atoms with Gasteiger partial charge in [-0.3, -0.25) is 24.6 Å². The van der Waals surface area contributed by atoms with E-state index in [1.807, 2.05) is 30.3 Å². The van der Waals surface area contributed by atoms with Crippen LogP contribution in [0.1, 0.15) is 24.0 Å². The molecule has 2 saturated heterocycles. The van der Waals surface area contributed by atoms with Gasteiger partial charge in [0.1, 0.15) is 11.3 Å². The highest BCUT2D eigenvalue weighted by atomic mass is 16.5. The number of amides is 3. The minimum atomic E-state index is -0.833. The van der Waals surface area contributed by atoms with Gasteiger partial charge in [0, 0.05) is 45.7 Å². The maximum absolute atomic E-state index is 13.8. The number of piperidine rings is 1. The van der Waals surface area contributed by atoms with Gasteiger partial charge in [0.15, 0.2) is 0 Å². The van der Waals surface area contributed by atoms with Crippen LogP contribution in [0, 0.1) is 0 Å². The lowest BCUT2D eigenvalue weighted by molar-refractivity contribution is -0.136. The molecule has 3 heterocycles. The molecule has 0 bridgehead atoms. The van der Waals surface area contributed by atoms with Crippen molar-refractivity contribution in [2.24, 2.45) is 0 Å². The third kappa shape index (κ3) is 4.52. The highest BCUT2D eigenvalue weighted by molar-refractivity contribution is 6.07. The topological polar surface area (TPSA) is 88.1 Å². The van der Waals surface area contributed by atoms with E-state index >= 15 is 0 Å². The van der Waals surface area contributed by atoms with Crippen LogP contribution in [0.5, 0.6) is 5.75 Å². The normalized spacial score (nSPS) is 17.9. The van der Waals surface area contributed by atoms with E-state index in [2.05, 4.69) is 27.0 Å². The number of carbonyl (C=O) groups is 2. The first-order valence-electron chi connectivity index (χ1n) is 12.2. The second-order valence-electron chi connectivity index (χ2n) is 9.36. The van der Waals surface area contributed by atoms with Gasteiger partial charge in [0.25, 0.3) is 5.91 Å². The van der Waals surface area contributed by atoms with Gasteiger partial charge in [0.05, 0.1) is 31.3 Å². The van der Waals surface area contributed by atoms with Gasteiger partial charge in [-0.15, -0.1) is 0 Å². The third-order valence-electron chi connectivity index (χ3n) is 7.24. The van der Waals surface area contributed by atoms with Gasteiger partial charge >= 0.3 is 6.03 Å². The average molecular weight is 490 g/mol. The van der Waals surface area contributed by atoms with Crippen molar-refractivity contribution in [1.29, 1.82) is 0 Å². The van der Waals surface area contributed by atoms with Crippen LogP contribution in [0.3, 0.4) is 0 Å². The molecule has 188 valence electrons. The molecule has 0 aliphatic carbocycles. The Morgan fingerprint density at radius 2 is 1.67 bits per heavy atom. The van der Waals surface area contributed by atoms with Crippen LogP contribution in [-0.2, 0) is 22.6 Å². The molecule has 0 radical (unpaired) electrons. The SMILES string of the molecule is COCCN1C(=O)N(Cc2cccc(OC)c2)C(=O)C12CCN(Cc1ccc3nccnc3c1)CC2. The molecule has 1 spiro atoms. The lowest BCUT2D eigenvalue weighted by Crippen LogP contribution is -2.57. The first-order valence-corrected chi connectivity index (χ1v) is 12.2. The summed E-state index contributed by atoms with van der Waals surface area (Å²) in [6.07, 6.45) is 4.57. The van der Waals surface area contributed by atoms with Crippen LogP contribution in [0.15, 0.2) is 54.9 Å². The highest BCUT2D eigenvalue weighted by Gasteiger charge is 2.57. The van der Waals surface area contributed by atoms with E-state index < -0.39 is 5.54 Å². The Hall–Kier alpha value is -3.56. The van der Waals surface area contributed by atoms with Gasteiger partial charge in [0.2, 0.25) is 0 Å². The summed E-state index contributed by atoms with van der Waals surface area (Å²) in [6.45, 7) is 3.19. The van der Waals surface area contributed by atoms with Crippen LogP contribution in [0.2, 0.25) is 0 Å². The lowest BCUT2D eigenvalue weighted by Gasteiger charge is -2.42. The molecular formula is C27H31N5O4. The predicted molar refractivity (Wildman–Crippen MR) is 134 cm³/mol. The number of urea groups is 1. The number of methoxy groups -OCH3 is 2. The summed E-state index contributed by atoms with van der Waals surface area (Å²) in [5.74, 6) is 0.581. The number of carbonyl (C=O) groups excluding carboxylic acids is 2. The number of fused-ring (bicyclic) bond motifs is 1. The summed E-state index contributed by atoms with van der Waals surface area (Å²) in [5, 5.41) is 0. The Morgan fingerprint density at radius 1 is 0.917 bits per heavy atom. The van der Waals surface area contributed by atoms with Crippen molar-refractivity contribution < 1.29 is 19.1 Å². The zero-order chi connectivity index (χ0) is 25.1. The molecule has 2 aliphatic rings. The van der Waals surface area contributed by atoms with Crippen molar-refractivity contribution >= 4 is 23.0 Å². The number of aromatic nitrogens is 2. The Balaban J connectivity index is 1.32. The molecule has 0 N–H and O–H groups in total. The van der Waals surface area contributed by atoms with Gasteiger partial charge in [-0.25, -0.2) is 4.79 Å². The molecule has 3 amide bonds. The average Bonchev–Trinajstić information content (AvgIpc) is 3.09. The molecule has 2 aromatic carbocycles. The maximum atomic E-state index is 13.8. The predicted octanol–water partition coefficient (Wildman–Crippen LogP) is 3.08. The molecule has 9 heteroatoms. The maximum Gasteiger partial charge on any atom is 0.328 e. The molecule has 2 fully saturated rings. The molecule has 2 aliphatic heterocycles. The van der Waals surface area contributed by atoms with E-state index in [1.165, 1.54) is 4.90 Å². The van der Waals surface area contributed by atoms with E-state index in [0.29, 0.717) is 44.8 Å². The van der Waals surface area contributed by atoms with E-state index in [-0.39, 0.29) is 18.5 Å². The highest BCUT2D eigenvalue weighted by Crippen LogP contribution is 2.38. The van der Waals surface area contributed by atoms with Crippen molar-refractivity contribution in [3.63, 3.8) is 0 Å². The summed E-state index contributed by atoms with van der Waals surface area (Å²) < 4.78 is 10.6. The Kier molecular flexibility index (Phi) is 6.84. The second kappa shape index (κ2) is 10.2. The summed E-state index contributed by atoms with van der Waals surface area (Å²) in [7, 11) is 3.21. The molecule has 3 aromatic rings. The van der Waals surface area contributed by atoms with Crippen molar-refractivity contribution in [1.82, 2.24) is 24.7 Å². The number of likely N-dealkylation sites (tertiary alicyclic amines) is 1. The monoisotopic (exact) mass is 489 g/mol. The molecule has 9 nitrogen and oxygen atoms in total. The molecular weight excluding hydrogens is 458 g/mol. The van der Waals surface area contributed by atoms with Crippen LogP contribution in [0.25, 0.3) is 11.0 Å². The van der Waals surface area contributed by atoms with Crippen molar-refractivity contribution in [3.8, 4) is 5.75 Å². The van der Waals surface area contributed by atoms with Crippen molar-refractivity contribution in [2.75, 3.05) is 40.5 Å². The largest absolute Gasteiger partial charge is 0.497 e. The summed E-state index contributed by atoms with van der Waals surface area (Å²) in [4.78, 5) is 41.5. The Bertz CT molecular complexity index is 1260. The lowest BCUT2D eigenvalue weighted by atomic mass is 9.85. The minimum absolute atomic E-state index is 0.118. The van der Waals surface area contributed by atoms with E-state index in [4.69, 9.17) is 9.47 Å². The zero-order valence-corrected chi connectivity index (χ0v) is 20.7. The van der Waals surface area contributed by atoms with Gasteiger partial charge in [-0.2, -0.15) is 0 Å². The van der Waals surface area contributed by atoms with E-state index in [0.717, 1.165) is 28.7 Å². The summed E-state index contributed by atoms with van der Waals surface area (Å²) >= 11 is 0. The number of ether oxygens (including phenoxy) is 2.